The minimum Gasteiger partial charge on any atom is -0.324 e. The summed E-state index contributed by atoms with van der Waals surface area (Å²) in [5.41, 5.74) is 2.76. The summed E-state index contributed by atoms with van der Waals surface area (Å²) in [6, 6.07) is 12.7. The van der Waals surface area contributed by atoms with Gasteiger partial charge in [-0.1, -0.05) is 17.7 Å². The maximum atomic E-state index is 12.4. The average Bonchev–Trinajstić information content (AvgIpc) is 2.59. The van der Waals surface area contributed by atoms with Crippen LogP contribution in [0.2, 0.25) is 0 Å². The molecule has 1 amide bonds. The lowest BCUT2D eigenvalue weighted by molar-refractivity contribution is -0.384. The molecular formula is C19H17N3O4. The van der Waals surface area contributed by atoms with Gasteiger partial charge in [0.2, 0.25) is 5.91 Å². The van der Waals surface area contributed by atoms with Gasteiger partial charge in [0.25, 0.3) is 11.2 Å². The molecule has 1 heterocycles. The molecule has 0 spiro atoms. The number of pyridine rings is 1. The van der Waals surface area contributed by atoms with E-state index >= 15 is 0 Å². The highest BCUT2D eigenvalue weighted by Gasteiger charge is 2.12. The smallest absolute Gasteiger partial charge is 0.270 e. The molecule has 1 aromatic heterocycles. The number of aromatic nitrogens is 1. The van der Waals surface area contributed by atoms with Crippen molar-refractivity contribution >= 4 is 28.2 Å². The van der Waals surface area contributed by atoms with Gasteiger partial charge in [-0.05, 0) is 37.6 Å². The number of rotatable bonds is 4. The van der Waals surface area contributed by atoms with Crippen LogP contribution < -0.4 is 10.9 Å². The minimum atomic E-state index is -0.498. The first-order valence-electron chi connectivity index (χ1n) is 8.00. The van der Waals surface area contributed by atoms with Crippen LogP contribution in [0.4, 0.5) is 11.4 Å². The number of hydrogen-bond donors (Lipinski definition) is 1. The molecule has 0 aliphatic rings. The third kappa shape index (κ3) is 3.46. The fourth-order valence-electron chi connectivity index (χ4n) is 2.85. The first-order chi connectivity index (χ1) is 12.3. The Morgan fingerprint density at radius 3 is 2.58 bits per heavy atom. The number of nitrogens with one attached hydrogen (secondary N) is 1. The number of nitro groups is 1. The second-order valence-electron chi connectivity index (χ2n) is 6.12. The molecule has 2 aromatic carbocycles. The van der Waals surface area contributed by atoms with Gasteiger partial charge in [-0.3, -0.25) is 24.3 Å². The monoisotopic (exact) mass is 351 g/mol. The van der Waals surface area contributed by atoms with Crippen LogP contribution in [0.3, 0.4) is 0 Å². The molecule has 0 radical (unpaired) electrons. The van der Waals surface area contributed by atoms with E-state index in [0.29, 0.717) is 16.6 Å². The Labute approximate surface area is 149 Å². The molecule has 0 atom stereocenters. The Balaban J connectivity index is 1.92. The van der Waals surface area contributed by atoms with Gasteiger partial charge in [-0.15, -0.1) is 0 Å². The van der Waals surface area contributed by atoms with E-state index < -0.39 is 4.92 Å². The molecule has 7 heteroatoms. The van der Waals surface area contributed by atoms with Gasteiger partial charge in [0.15, 0.2) is 0 Å². The van der Waals surface area contributed by atoms with Crippen molar-refractivity contribution in [2.45, 2.75) is 20.4 Å². The van der Waals surface area contributed by atoms with Crippen molar-refractivity contribution < 1.29 is 9.72 Å². The van der Waals surface area contributed by atoms with Crippen LogP contribution in [-0.4, -0.2) is 15.4 Å². The lowest BCUT2D eigenvalue weighted by atomic mass is 10.1. The summed E-state index contributed by atoms with van der Waals surface area (Å²) in [5.74, 6) is -0.343. The number of benzene rings is 2. The molecule has 0 fully saturated rings. The first-order valence-corrected chi connectivity index (χ1v) is 8.00. The van der Waals surface area contributed by atoms with E-state index in [0.717, 1.165) is 11.1 Å². The zero-order chi connectivity index (χ0) is 18.8. The van der Waals surface area contributed by atoms with Gasteiger partial charge in [-0.2, -0.15) is 0 Å². The van der Waals surface area contributed by atoms with Crippen molar-refractivity contribution in [2.75, 3.05) is 5.32 Å². The standard InChI is InChI=1S/C19H17N3O4/c1-12-3-6-16(13(2)9-12)20-18(23)11-21-17-7-5-15(22(25)26)10-14(17)4-8-19(21)24/h3-10H,11H2,1-2H3,(H,20,23). The molecule has 0 saturated carbocycles. The summed E-state index contributed by atoms with van der Waals surface area (Å²) in [6.45, 7) is 3.68. The summed E-state index contributed by atoms with van der Waals surface area (Å²) >= 11 is 0. The quantitative estimate of drug-likeness (QED) is 0.577. The minimum absolute atomic E-state index is 0.0672. The van der Waals surface area contributed by atoms with Crippen molar-refractivity contribution in [3.05, 3.63) is 80.1 Å². The van der Waals surface area contributed by atoms with E-state index in [9.17, 15) is 19.7 Å². The SMILES string of the molecule is Cc1ccc(NC(=O)Cn2c(=O)ccc3cc([N+](=O)[O-])ccc32)c(C)c1. The zero-order valence-corrected chi connectivity index (χ0v) is 14.4. The summed E-state index contributed by atoms with van der Waals surface area (Å²) in [5, 5.41) is 14.2. The van der Waals surface area contributed by atoms with E-state index in [1.807, 2.05) is 32.0 Å². The number of aryl methyl sites for hydroxylation is 2. The Morgan fingerprint density at radius 2 is 1.88 bits per heavy atom. The maximum Gasteiger partial charge on any atom is 0.270 e. The summed E-state index contributed by atoms with van der Waals surface area (Å²) in [4.78, 5) is 35.0. The predicted octanol–water partition coefficient (Wildman–Crippen LogP) is 3.17. The highest BCUT2D eigenvalue weighted by molar-refractivity contribution is 5.92. The van der Waals surface area contributed by atoms with Gasteiger partial charge in [0, 0.05) is 29.3 Å². The number of non-ortho nitro benzene ring substituents is 1. The van der Waals surface area contributed by atoms with Gasteiger partial charge in [0.05, 0.1) is 10.4 Å². The second kappa shape index (κ2) is 6.79. The van der Waals surface area contributed by atoms with Crippen LogP contribution in [0, 0.1) is 24.0 Å². The van der Waals surface area contributed by atoms with E-state index in [1.54, 1.807) is 0 Å². The van der Waals surface area contributed by atoms with Crippen LogP contribution in [0.5, 0.6) is 0 Å². The highest BCUT2D eigenvalue weighted by Crippen LogP contribution is 2.20. The number of hydrogen-bond acceptors (Lipinski definition) is 4. The fraction of sp³-hybridized carbons (Fsp3) is 0.158. The molecule has 1 N–H and O–H groups in total. The van der Waals surface area contributed by atoms with Crippen molar-refractivity contribution in [2.24, 2.45) is 0 Å². The normalized spacial score (nSPS) is 10.7. The highest BCUT2D eigenvalue weighted by atomic mass is 16.6. The molecule has 0 bridgehead atoms. The lowest BCUT2D eigenvalue weighted by Gasteiger charge is -2.12. The van der Waals surface area contributed by atoms with Gasteiger partial charge in [-0.25, -0.2) is 0 Å². The number of carbonyl (C=O) groups is 1. The Bertz CT molecular complexity index is 1090. The first kappa shape index (κ1) is 17.3. The number of fused-ring (bicyclic) bond motifs is 1. The van der Waals surface area contributed by atoms with Crippen LogP contribution in [0.25, 0.3) is 10.9 Å². The summed E-state index contributed by atoms with van der Waals surface area (Å²) in [6.07, 6.45) is 0. The third-order valence-corrected chi connectivity index (χ3v) is 4.14. The largest absolute Gasteiger partial charge is 0.324 e. The van der Waals surface area contributed by atoms with E-state index in [4.69, 9.17) is 0 Å². The average molecular weight is 351 g/mol. The molecule has 132 valence electrons. The van der Waals surface area contributed by atoms with E-state index in [2.05, 4.69) is 5.32 Å². The van der Waals surface area contributed by atoms with Crippen LogP contribution in [0.1, 0.15) is 11.1 Å². The van der Waals surface area contributed by atoms with Crippen LogP contribution >= 0.6 is 0 Å². The molecule has 0 aliphatic heterocycles. The van der Waals surface area contributed by atoms with Crippen LogP contribution in [-0.2, 0) is 11.3 Å². The summed E-state index contributed by atoms with van der Waals surface area (Å²) < 4.78 is 1.30. The van der Waals surface area contributed by atoms with E-state index in [1.165, 1.54) is 34.9 Å². The molecule has 7 nitrogen and oxygen atoms in total. The number of amides is 1. The van der Waals surface area contributed by atoms with Crippen molar-refractivity contribution in [3.8, 4) is 0 Å². The van der Waals surface area contributed by atoms with E-state index in [-0.39, 0.29) is 23.7 Å². The Kier molecular flexibility index (Phi) is 4.53. The molecule has 0 unspecified atom stereocenters. The van der Waals surface area contributed by atoms with Gasteiger partial charge in [0.1, 0.15) is 6.54 Å². The van der Waals surface area contributed by atoms with Crippen molar-refractivity contribution in [1.82, 2.24) is 4.57 Å². The molecular weight excluding hydrogens is 334 g/mol. The van der Waals surface area contributed by atoms with Gasteiger partial charge < -0.3 is 5.32 Å². The number of nitro benzene ring substituents is 1. The third-order valence-electron chi connectivity index (χ3n) is 4.14. The Morgan fingerprint density at radius 1 is 1.12 bits per heavy atom. The van der Waals surface area contributed by atoms with Crippen molar-refractivity contribution in [3.63, 3.8) is 0 Å². The number of anilines is 1. The molecule has 0 aliphatic carbocycles. The Hall–Kier alpha value is -3.48. The topological polar surface area (TPSA) is 94.2 Å². The maximum absolute atomic E-state index is 12.4. The second-order valence-corrected chi connectivity index (χ2v) is 6.12. The predicted molar refractivity (Wildman–Crippen MR) is 99.4 cm³/mol. The van der Waals surface area contributed by atoms with Crippen molar-refractivity contribution in [1.29, 1.82) is 0 Å². The molecule has 26 heavy (non-hydrogen) atoms. The summed E-state index contributed by atoms with van der Waals surface area (Å²) in [7, 11) is 0. The van der Waals surface area contributed by atoms with Gasteiger partial charge >= 0.3 is 0 Å². The molecule has 3 rings (SSSR count). The number of carbonyl (C=O) groups excluding carboxylic acids is 1. The van der Waals surface area contributed by atoms with Crippen LogP contribution in [0.15, 0.2) is 53.3 Å². The number of nitrogens with zero attached hydrogens (tertiary/aromatic N) is 2. The fourth-order valence-corrected chi connectivity index (χ4v) is 2.85. The zero-order valence-electron chi connectivity index (χ0n) is 14.4. The lowest BCUT2D eigenvalue weighted by Crippen LogP contribution is -2.27. The molecule has 0 saturated heterocycles. The molecule has 3 aromatic rings.